The molecule has 0 aliphatic carbocycles. The minimum atomic E-state index is -0.636. The summed E-state index contributed by atoms with van der Waals surface area (Å²) in [5.74, 6) is -0.532. The van der Waals surface area contributed by atoms with E-state index in [1.807, 2.05) is 13.8 Å². The van der Waals surface area contributed by atoms with Crippen LogP contribution in [-0.2, 0) is 6.54 Å². The Morgan fingerprint density at radius 2 is 1.94 bits per heavy atom. The lowest BCUT2D eigenvalue weighted by atomic mass is 10.0. The van der Waals surface area contributed by atoms with Crippen LogP contribution in [0.25, 0.3) is 22.9 Å². The van der Waals surface area contributed by atoms with Crippen LogP contribution in [-0.4, -0.2) is 42.7 Å². The van der Waals surface area contributed by atoms with Crippen molar-refractivity contribution in [1.29, 1.82) is 0 Å². The summed E-state index contributed by atoms with van der Waals surface area (Å²) in [5, 5.41) is 21.1. The van der Waals surface area contributed by atoms with Gasteiger partial charge in [-0.1, -0.05) is 37.2 Å². The second-order valence-corrected chi connectivity index (χ2v) is 8.09. The number of nitrogens with zero attached hydrogens (tertiary/aromatic N) is 5. The minimum Gasteiger partial charge on any atom is -0.394 e. The molecule has 0 fully saturated rings. The van der Waals surface area contributed by atoms with Crippen LogP contribution in [0.15, 0.2) is 53.4 Å². The van der Waals surface area contributed by atoms with Crippen molar-refractivity contribution in [2.45, 2.75) is 32.9 Å². The van der Waals surface area contributed by atoms with Crippen molar-refractivity contribution in [2.75, 3.05) is 11.9 Å². The number of hydrogen-bond donors (Lipinski definition) is 2. The predicted molar refractivity (Wildman–Crippen MR) is 118 cm³/mol. The van der Waals surface area contributed by atoms with Gasteiger partial charge in [0.1, 0.15) is 23.5 Å². The number of aromatic nitrogens is 5. The van der Waals surface area contributed by atoms with E-state index in [2.05, 4.69) is 25.5 Å². The van der Waals surface area contributed by atoms with Gasteiger partial charge in [0, 0.05) is 11.6 Å². The fourth-order valence-electron chi connectivity index (χ4n) is 3.52. The molecule has 33 heavy (non-hydrogen) atoms. The highest BCUT2D eigenvalue weighted by atomic mass is 19.1. The molecule has 3 aromatic heterocycles. The van der Waals surface area contributed by atoms with Crippen LogP contribution in [0.3, 0.4) is 0 Å². The van der Waals surface area contributed by atoms with E-state index >= 15 is 0 Å². The molecule has 0 bridgehead atoms. The third-order valence-corrected chi connectivity index (χ3v) is 5.05. The quantitative estimate of drug-likeness (QED) is 0.392. The number of anilines is 1. The van der Waals surface area contributed by atoms with Crippen molar-refractivity contribution in [3.8, 4) is 22.9 Å². The van der Waals surface area contributed by atoms with E-state index < -0.39 is 5.82 Å². The Labute approximate surface area is 189 Å². The van der Waals surface area contributed by atoms with Gasteiger partial charge in [-0.2, -0.15) is 5.10 Å². The van der Waals surface area contributed by atoms with Crippen molar-refractivity contribution in [1.82, 2.24) is 24.9 Å². The Kier molecular flexibility index (Phi) is 6.74. The van der Waals surface area contributed by atoms with Gasteiger partial charge in [0.2, 0.25) is 0 Å². The molecule has 3 heterocycles. The third-order valence-electron chi connectivity index (χ3n) is 5.05. The van der Waals surface area contributed by atoms with Gasteiger partial charge >= 0.3 is 0 Å². The maximum Gasteiger partial charge on any atom is 0.183 e. The molecule has 172 valence electrons. The van der Waals surface area contributed by atoms with Gasteiger partial charge in [-0.3, -0.25) is 4.68 Å². The largest absolute Gasteiger partial charge is 0.394 e. The standard InChI is InChI=1S/C23H24F2N6O2/c1-14(2)9-16(13-32)27-22-18(25)11-26-23(28-22)20-10-21(19-7-8-33-30-19)31(29-20)12-15-5-3-4-6-17(15)24/h3-8,10-11,14,16,32H,9,12-13H2,1-2H3,(H,26,27,28). The maximum atomic E-state index is 14.4. The van der Waals surface area contributed by atoms with Crippen molar-refractivity contribution in [3.05, 3.63) is 66.1 Å². The molecule has 0 saturated carbocycles. The third kappa shape index (κ3) is 5.23. The first-order valence-corrected chi connectivity index (χ1v) is 10.6. The molecule has 4 rings (SSSR count). The number of aliphatic hydroxyl groups is 1. The van der Waals surface area contributed by atoms with E-state index in [0.29, 0.717) is 35.0 Å². The number of nitrogens with one attached hydrogen (secondary N) is 1. The minimum absolute atomic E-state index is 0.0219. The Morgan fingerprint density at radius 1 is 1.12 bits per heavy atom. The van der Waals surface area contributed by atoms with Crippen LogP contribution in [0.4, 0.5) is 14.6 Å². The number of aliphatic hydroxyl groups excluding tert-OH is 1. The molecule has 0 amide bonds. The maximum absolute atomic E-state index is 14.4. The molecule has 10 heteroatoms. The van der Waals surface area contributed by atoms with Crippen LogP contribution in [0.1, 0.15) is 25.8 Å². The second kappa shape index (κ2) is 9.86. The van der Waals surface area contributed by atoms with E-state index in [9.17, 15) is 13.9 Å². The topological polar surface area (TPSA) is 102 Å². The second-order valence-electron chi connectivity index (χ2n) is 8.09. The first-order chi connectivity index (χ1) is 15.9. The summed E-state index contributed by atoms with van der Waals surface area (Å²) >= 11 is 0. The van der Waals surface area contributed by atoms with Gasteiger partial charge in [0.05, 0.1) is 31.1 Å². The Bertz CT molecular complexity index is 1210. The van der Waals surface area contributed by atoms with E-state index in [1.54, 1.807) is 35.0 Å². The fourth-order valence-corrected chi connectivity index (χ4v) is 3.52. The van der Waals surface area contributed by atoms with Crippen molar-refractivity contribution < 1.29 is 18.4 Å². The lowest BCUT2D eigenvalue weighted by Gasteiger charge is -2.19. The van der Waals surface area contributed by atoms with E-state index in [1.165, 1.54) is 12.3 Å². The Balaban J connectivity index is 1.70. The first-order valence-electron chi connectivity index (χ1n) is 10.6. The summed E-state index contributed by atoms with van der Waals surface area (Å²) < 4.78 is 35.2. The average molecular weight is 454 g/mol. The summed E-state index contributed by atoms with van der Waals surface area (Å²) in [6.45, 7) is 4.01. The number of hydrogen-bond acceptors (Lipinski definition) is 7. The highest BCUT2D eigenvalue weighted by Crippen LogP contribution is 2.26. The van der Waals surface area contributed by atoms with Gasteiger partial charge < -0.3 is 14.9 Å². The predicted octanol–water partition coefficient (Wildman–Crippen LogP) is 4.14. The van der Waals surface area contributed by atoms with E-state index in [0.717, 1.165) is 6.20 Å². The van der Waals surface area contributed by atoms with Gasteiger partial charge in [0.25, 0.3) is 0 Å². The summed E-state index contributed by atoms with van der Waals surface area (Å²) in [4.78, 5) is 8.38. The Morgan fingerprint density at radius 3 is 2.64 bits per heavy atom. The molecule has 1 aromatic carbocycles. The summed E-state index contributed by atoms with van der Waals surface area (Å²) in [7, 11) is 0. The lowest BCUT2D eigenvalue weighted by molar-refractivity contribution is 0.259. The highest BCUT2D eigenvalue weighted by molar-refractivity contribution is 5.63. The van der Waals surface area contributed by atoms with Crippen molar-refractivity contribution in [2.24, 2.45) is 5.92 Å². The van der Waals surface area contributed by atoms with Crippen LogP contribution in [0.5, 0.6) is 0 Å². The van der Waals surface area contributed by atoms with Crippen LogP contribution < -0.4 is 5.32 Å². The normalized spacial score (nSPS) is 12.3. The molecule has 8 nitrogen and oxygen atoms in total. The molecule has 4 aromatic rings. The molecule has 0 radical (unpaired) electrons. The van der Waals surface area contributed by atoms with E-state index in [4.69, 9.17) is 4.52 Å². The van der Waals surface area contributed by atoms with Crippen LogP contribution in [0, 0.1) is 17.6 Å². The highest BCUT2D eigenvalue weighted by Gasteiger charge is 2.19. The molecule has 0 saturated heterocycles. The van der Waals surface area contributed by atoms with Gasteiger partial charge in [0.15, 0.2) is 17.5 Å². The SMILES string of the molecule is CC(C)CC(CO)Nc1nc(-c2cc(-c3ccon3)n(Cc3ccccc3F)n2)ncc1F. The molecule has 0 aliphatic heterocycles. The van der Waals surface area contributed by atoms with Crippen molar-refractivity contribution >= 4 is 5.82 Å². The van der Waals surface area contributed by atoms with Gasteiger partial charge in [-0.05, 0) is 24.5 Å². The van der Waals surface area contributed by atoms with Crippen LogP contribution >= 0.6 is 0 Å². The monoisotopic (exact) mass is 454 g/mol. The Hall–Kier alpha value is -3.66. The zero-order valence-electron chi connectivity index (χ0n) is 18.2. The zero-order valence-corrected chi connectivity index (χ0v) is 18.2. The number of rotatable bonds is 9. The summed E-state index contributed by atoms with van der Waals surface area (Å²) in [6, 6.07) is 9.41. The molecule has 1 unspecified atom stereocenters. The average Bonchev–Trinajstić information content (AvgIpc) is 3.46. The molecule has 1 atom stereocenters. The van der Waals surface area contributed by atoms with Gasteiger partial charge in [-0.25, -0.2) is 18.7 Å². The molecular weight excluding hydrogens is 430 g/mol. The summed E-state index contributed by atoms with van der Waals surface area (Å²) in [5.41, 5.74) is 1.87. The number of benzene rings is 1. The lowest BCUT2D eigenvalue weighted by Crippen LogP contribution is -2.26. The molecule has 2 N–H and O–H groups in total. The molecule has 0 spiro atoms. The van der Waals surface area contributed by atoms with E-state index in [-0.39, 0.29) is 36.7 Å². The molecule has 0 aliphatic rings. The number of halogens is 2. The first kappa shape index (κ1) is 22.5. The summed E-state index contributed by atoms with van der Waals surface area (Å²) in [6.07, 6.45) is 3.12. The van der Waals surface area contributed by atoms with Gasteiger partial charge in [-0.15, -0.1) is 0 Å². The van der Waals surface area contributed by atoms with Crippen LogP contribution in [0.2, 0.25) is 0 Å². The smallest absolute Gasteiger partial charge is 0.183 e. The fraction of sp³-hybridized carbons (Fsp3) is 0.304. The van der Waals surface area contributed by atoms with Crippen molar-refractivity contribution in [3.63, 3.8) is 0 Å². The molecular formula is C23H24F2N6O2. The zero-order chi connectivity index (χ0) is 23.4.